The zero-order valence-corrected chi connectivity index (χ0v) is 15.5. The van der Waals surface area contributed by atoms with Crippen LogP contribution in [0.25, 0.3) is 10.9 Å². The number of H-pyrrole nitrogens is 1. The molecule has 1 heterocycles. The Kier molecular flexibility index (Phi) is 5.06. The van der Waals surface area contributed by atoms with E-state index in [4.69, 9.17) is 16.3 Å². The van der Waals surface area contributed by atoms with Crippen molar-refractivity contribution in [3.63, 3.8) is 0 Å². The normalized spacial score (nSPS) is 11.3. The number of hydrogen-bond acceptors (Lipinski definition) is 4. The van der Waals surface area contributed by atoms with E-state index in [1.807, 2.05) is 6.92 Å². The van der Waals surface area contributed by atoms with Crippen molar-refractivity contribution in [1.29, 1.82) is 0 Å². The van der Waals surface area contributed by atoms with Crippen molar-refractivity contribution in [1.82, 2.24) is 9.66 Å². The highest BCUT2D eigenvalue weighted by Crippen LogP contribution is 2.31. The maximum absolute atomic E-state index is 12.5. The van der Waals surface area contributed by atoms with Gasteiger partial charge in [-0.1, -0.05) is 23.7 Å². The lowest BCUT2D eigenvalue weighted by Crippen LogP contribution is -2.32. The van der Waals surface area contributed by atoms with Crippen molar-refractivity contribution in [3.8, 4) is 5.75 Å². The van der Waals surface area contributed by atoms with Gasteiger partial charge < -0.3 is 9.72 Å². The molecule has 8 heteroatoms. The predicted molar refractivity (Wildman–Crippen MR) is 102 cm³/mol. The van der Waals surface area contributed by atoms with E-state index in [2.05, 4.69) is 26.0 Å². The molecule has 0 saturated carbocycles. The molecule has 0 spiro atoms. The number of aromatic nitrogens is 2. The van der Waals surface area contributed by atoms with Crippen LogP contribution in [-0.2, 0) is 0 Å². The fourth-order valence-corrected chi connectivity index (χ4v) is 3.30. The highest BCUT2D eigenvalue weighted by molar-refractivity contribution is 9.10. The molecule has 1 aromatic heterocycles. The van der Waals surface area contributed by atoms with Gasteiger partial charge in [0.2, 0.25) is 0 Å². The number of nitrogens with zero attached hydrogens (tertiary/aromatic N) is 2. The van der Waals surface area contributed by atoms with Gasteiger partial charge in [-0.3, -0.25) is 4.79 Å². The van der Waals surface area contributed by atoms with Crippen LogP contribution < -0.4 is 16.0 Å². The lowest BCUT2D eigenvalue weighted by atomic mass is 10.2. The first-order valence-corrected chi connectivity index (χ1v) is 8.58. The molecule has 0 aliphatic heterocycles. The Balaban J connectivity index is 2.14. The van der Waals surface area contributed by atoms with E-state index in [0.717, 1.165) is 4.68 Å². The molecule has 6 nitrogen and oxygen atoms in total. The van der Waals surface area contributed by atoms with Crippen LogP contribution in [0.1, 0.15) is 12.5 Å². The summed E-state index contributed by atoms with van der Waals surface area (Å²) >= 11 is 9.44. The number of rotatable bonds is 4. The molecule has 0 saturated heterocycles. The van der Waals surface area contributed by atoms with Crippen LogP contribution in [0.3, 0.4) is 0 Å². The Hall–Kier alpha value is -2.38. The SMILES string of the molecule is CCOc1c(Br)cc(Cl)cc1C=Nn1c(=O)[nH]c2ccccc2c1=O. The average molecular weight is 423 g/mol. The minimum absolute atomic E-state index is 0.372. The first-order valence-electron chi connectivity index (χ1n) is 7.41. The number of benzene rings is 2. The summed E-state index contributed by atoms with van der Waals surface area (Å²) in [4.78, 5) is 27.2. The van der Waals surface area contributed by atoms with Gasteiger partial charge in [-0.25, -0.2) is 4.79 Å². The molecule has 0 amide bonds. The van der Waals surface area contributed by atoms with Crippen molar-refractivity contribution in [2.45, 2.75) is 6.92 Å². The van der Waals surface area contributed by atoms with Gasteiger partial charge in [0.05, 0.1) is 28.2 Å². The topological polar surface area (TPSA) is 76.5 Å². The summed E-state index contributed by atoms with van der Waals surface area (Å²) in [5, 5.41) is 4.87. The second kappa shape index (κ2) is 7.25. The van der Waals surface area contributed by atoms with Crippen LogP contribution in [0.2, 0.25) is 5.02 Å². The number of fused-ring (bicyclic) bond motifs is 1. The summed E-state index contributed by atoms with van der Waals surface area (Å²) in [6.07, 6.45) is 1.37. The molecule has 0 radical (unpaired) electrons. The minimum Gasteiger partial charge on any atom is -0.492 e. The van der Waals surface area contributed by atoms with E-state index in [1.165, 1.54) is 6.21 Å². The van der Waals surface area contributed by atoms with Gasteiger partial charge in [-0.15, -0.1) is 4.68 Å². The first kappa shape index (κ1) is 17.4. The molecule has 128 valence electrons. The van der Waals surface area contributed by atoms with Crippen LogP contribution in [0, 0.1) is 0 Å². The maximum Gasteiger partial charge on any atom is 0.349 e. The van der Waals surface area contributed by atoms with Crippen molar-refractivity contribution < 1.29 is 4.74 Å². The predicted octanol–water partition coefficient (Wildman–Crippen LogP) is 3.39. The van der Waals surface area contributed by atoms with Crippen LogP contribution in [0.5, 0.6) is 5.75 Å². The summed E-state index contributed by atoms with van der Waals surface area (Å²) in [6, 6.07) is 10.1. The number of nitrogens with one attached hydrogen (secondary N) is 1. The molecule has 0 aliphatic rings. The summed E-state index contributed by atoms with van der Waals surface area (Å²) in [7, 11) is 0. The quantitative estimate of drug-likeness (QED) is 0.655. The monoisotopic (exact) mass is 421 g/mol. The minimum atomic E-state index is -0.626. The maximum atomic E-state index is 12.5. The fourth-order valence-electron chi connectivity index (χ4n) is 2.35. The van der Waals surface area contributed by atoms with Gasteiger partial charge in [0, 0.05) is 10.6 Å². The molecular weight excluding hydrogens is 410 g/mol. The van der Waals surface area contributed by atoms with Crippen molar-refractivity contribution in [2.24, 2.45) is 5.10 Å². The number of ether oxygens (including phenoxy) is 1. The zero-order valence-electron chi connectivity index (χ0n) is 13.1. The third-order valence-corrected chi connectivity index (χ3v) is 4.23. The largest absolute Gasteiger partial charge is 0.492 e. The molecule has 0 atom stereocenters. The van der Waals surface area contributed by atoms with E-state index < -0.39 is 11.2 Å². The van der Waals surface area contributed by atoms with Crippen LogP contribution >= 0.6 is 27.5 Å². The number of hydrogen-bond donors (Lipinski definition) is 1. The molecule has 25 heavy (non-hydrogen) atoms. The van der Waals surface area contributed by atoms with Crippen LogP contribution in [0.4, 0.5) is 0 Å². The summed E-state index contributed by atoms with van der Waals surface area (Å²) < 4.78 is 7.00. The van der Waals surface area contributed by atoms with Crippen molar-refractivity contribution >= 4 is 44.6 Å². The van der Waals surface area contributed by atoms with E-state index >= 15 is 0 Å². The average Bonchev–Trinajstić information content (AvgIpc) is 2.57. The van der Waals surface area contributed by atoms with E-state index in [-0.39, 0.29) is 0 Å². The van der Waals surface area contributed by atoms with Gasteiger partial charge in [0.1, 0.15) is 5.75 Å². The zero-order chi connectivity index (χ0) is 18.0. The molecule has 1 N–H and O–H groups in total. The summed E-state index contributed by atoms with van der Waals surface area (Å²) in [5.41, 5.74) is -0.126. The van der Waals surface area contributed by atoms with Gasteiger partial charge in [0.15, 0.2) is 0 Å². The van der Waals surface area contributed by atoms with Gasteiger partial charge in [-0.2, -0.15) is 5.10 Å². The first-order chi connectivity index (χ1) is 12.0. The number of aromatic amines is 1. The number of para-hydroxylation sites is 1. The summed E-state index contributed by atoms with van der Waals surface area (Å²) in [5.74, 6) is 0.529. The van der Waals surface area contributed by atoms with Crippen LogP contribution in [0.15, 0.2) is 55.6 Å². The second-order valence-corrected chi connectivity index (χ2v) is 6.37. The number of halogens is 2. The highest BCUT2D eigenvalue weighted by Gasteiger charge is 2.10. The Morgan fingerprint density at radius 1 is 1.32 bits per heavy atom. The Morgan fingerprint density at radius 2 is 2.08 bits per heavy atom. The fraction of sp³-hybridized carbons (Fsp3) is 0.118. The lowest BCUT2D eigenvalue weighted by molar-refractivity contribution is 0.337. The third-order valence-electron chi connectivity index (χ3n) is 3.42. The molecule has 0 unspecified atom stereocenters. The Labute approximate surface area is 155 Å². The molecule has 0 aliphatic carbocycles. The lowest BCUT2D eigenvalue weighted by Gasteiger charge is -2.10. The molecule has 2 aromatic carbocycles. The standard InChI is InChI=1S/C17H13BrClN3O3/c1-2-25-15-10(7-11(19)8-13(15)18)9-20-22-16(23)12-5-3-4-6-14(12)21-17(22)24/h3-9H,2H2,1H3,(H,21,24). The molecule has 3 aromatic rings. The van der Waals surface area contributed by atoms with Crippen molar-refractivity contribution in [2.75, 3.05) is 6.61 Å². The Morgan fingerprint density at radius 3 is 2.84 bits per heavy atom. The molecular formula is C17H13BrClN3O3. The van der Waals surface area contributed by atoms with E-state index in [9.17, 15) is 9.59 Å². The van der Waals surface area contributed by atoms with Gasteiger partial charge in [-0.05, 0) is 47.1 Å². The van der Waals surface area contributed by atoms with Gasteiger partial charge in [0.25, 0.3) is 5.56 Å². The molecule has 3 rings (SSSR count). The van der Waals surface area contributed by atoms with Gasteiger partial charge >= 0.3 is 5.69 Å². The highest BCUT2D eigenvalue weighted by atomic mass is 79.9. The van der Waals surface area contributed by atoms with Crippen molar-refractivity contribution in [3.05, 3.63) is 72.3 Å². The Bertz CT molecular complexity index is 1090. The summed E-state index contributed by atoms with van der Waals surface area (Å²) in [6.45, 7) is 2.29. The second-order valence-electron chi connectivity index (χ2n) is 5.08. The third kappa shape index (κ3) is 3.52. The van der Waals surface area contributed by atoms with E-state index in [1.54, 1.807) is 36.4 Å². The smallest absolute Gasteiger partial charge is 0.349 e. The van der Waals surface area contributed by atoms with Crippen LogP contribution in [-0.4, -0.2) is 22.5 Å². The molecule has 0 fully saturated rings. The van der Waals surface area contributed by atoms with E-state index in [0.29, 0.717) is 38.3 Å². The molecule has 0 bridgehead atoms.